The van der Waals surface area contributed by atoms with E-state index in [4.69, 9.17) is 4.74 Å². The molecule has 2 rings (SSSR count). The zero-order valence-corrected chi connectivity index (χ0v) is 7.36. The molecule has 0 spiro atoms. The van der Waals surface area contributed by atoms with Gasteiger partial charge in [-0.15, -0.1) is 0 Å². The summed E-state index contributed by atoms with van der Waals surface area (Å²) in [5, 5.41) is 0. The lowest BCUT2D eigenvalue weighted by Crippen LogP contribution is -2.20. The highest BCUT2D eigenvalue weighted by atomic mass is 16.6. The van der Waals surface area contributed by atoms with Crippen molar-refractivity contribution in [1.82, 2.24) is 0 Å². The molecule has 1 aromatic carbocycles. The number of rotatable bonds is 1. The number of carbonyl (C=O) groups is 1. The largest absolute Gasteiger partial charge is 0.447 e. The van der Waals surface area contributed by atoms with Crippen molar-refractivity contribution in [3.63, 3.8) is 0 Å². The molecule has 0 saturated heterocycles. The number of hydrogen-bond acceptors (Lipinski definition) is 2. The van der Waals surface area contributed by atoms with Crippen molar-refractivity contribution in [2.24, 2.45) is 0 Å². The van der Waals surface area contributed by atoms with Gasteiger partial charge in [0.1, 0.15) is 0 Å². The molecule has 2 nitrogen and oxygen atoms in total. The molecule has 2 heteroatoms. The summed E-state index contributed by atoms with van der Waals surface area (Å²) in [6, 6.07) is 9.69. The van der Waals surface area contributed by atoms with Crippen molar-refractivity contribution >= 4 is 5.97 Å². The molecule has 1 aromatic rings. The summed E-state index contributed by atoms with van der Waals surface area (Å²) in [4.78, 5) is 10.9. The molecule has 0 unspecified atom stereocenters. The van der Waals surface area contributed by atoms with E-state index in [-0.39, 0.29) is 5.97 Å². The minimum Gasteiger partial charge on any atom is -0.447 e. The van der Waals surface area contributed by atoms with E-state index in [0.29, 0.717) is 0 Å². The monoisotopic (exact) mass is 174 g/mol. The number of hydrogen-bond donors (Lipinski definition) is 0. The lowest BCUT2D eigenvalue weighted by Gasteiger charge is -2.21. The van der Waals surface area contributed by atoms with Gasteiger partial charge in [-0.25, -0.2) is 4.79 Å². The van der Waals surface area contributed by atoms with Crippen molar-refractivity contribution in [3.05, 3.63) is 48.0 Å². The van der Waals surface area contributed by atoms with Gasteiger partial charge >= 0.3 is 5.97 Å². The molecule has 0 saturated carbocycles. The molecule has 0 amide bonds. The summed E-state index contributed by atoms with van der Waals surface area (Å²) in [6.45, 7) is 1.88. The van der Waals surface area contributed by atoms with E-state index in [1.165, 1.54) is 6.08 Å². The number of cyclic esters (lactones) is 1. The van der Waals surface area contributed by atoms with Gasteiger partial charge in [0.25, 0.3) is 0 Å². The Balaban J connectivity index is 2.37. The van der Waals surface area contributed by atoms with Crippen LogP contribution in [0.3, 0.4) is 0 Å². The number of benzene rings is 1. The Labute approximate surface area is 76.8 Å². The van der Waals surface area contributed by atoms with Gasteiger partial charge in [-0.05, 0) is 18.6 Å². The number of ether oxygens (including phenoxy) is 1. The van der Waals surface area contributed by atoms with Crippen LogP contribution >= 0.6 is 0 Å². The van der Waals surface area contributed by atoms with Gasteiger partial charge in [0.15, 0.2) is 5.60 Å². The Kier molecular flexibility index (Phi) is 1.69. The fourth-order valence-electron chi connectivity index (χ4n) is 1.43. The van der Waals surface area contributed by atoms with Crippen LogP contribution in [-0.4, -0.2) is 5.97 Å². The second kappa shape index (κ2) is 2.73. The van der Waals surface area contributed by atoms with Gasteiger partial charge < -0.3 is 4.74 Å². The third kappa shape index (κ3) is 1.35. The lowest BCUT2D eigenvalue weighted by atomic mass is 9.97. The molecule has 0 bridgehead atoms. The zero-order chi connectivity index (χ0) is 9.31. The second-order valence-electron chi connectivity index (χ2n) is 3.23. The molecule has 1 aliphatic rings. The SMILES string of the molecule is C[C@@]1(c2ccccc2)C=CC(=O)O1. The average molecular weight is 174 g/mol. The molecule has 13 heavy (non-hydrogen) atoms. The summed E-state index contributed by atoms with van der Waals surface area (Å²) < 4.78 is 5.18. The molecule has 1 atom stereocenters. The second-order valence-corrected chi connectivity index (χ2v) is 3.23. The summed E-state index contributed by atoms with van der Waals surface area (Å²) in [7, 11) is 0. The Morgan fingerprint density at radius 3 is 2.46 bits per heavy atom. The fourth-order valence-corrected chi connectivity index (χ4v) is 1.43. The van der Waals surface area contributed by atoms with E-state index in [2.05, 4.69) is 0 Å². The molecule has 0 aromatic heterocycles. The predicted octanol–water partition coefficient (Wildman–Crippen LogP) is 2.01. The first-order valence-electron chi connectivity index (χ1n) is 4.18. The highest BCUT2D eigenvalue weighted by molar-refractivity contribution is 5.85. The first kappa shape index (κ1) is 8.05. The van der Waals surface area contributed by atoms with Crippen LogP contribution in [0.2, 0.25) is 0 Å². The normalized spacial score (nSPS) is 26.1. The van der Waals surface area contributed by atoms with Crippen molar-refractivity contribution in [2.75, 3.05) is 0 Å². The Hall–Kier alpha value is -1.57. The van der Waals surface area contributed by atoms with Crippen LogP contribution in [0.5, 0.6) is 0 Å². The van der Waals surface area contributed by atoms with Crippen LogP contribution in [0.1, 0.15) is 12.5 Å². The maximum atomic E-state index is 10.9. The standard InChI is InChI=1S/C11H10O2/c1-11(8-7-10(12)13-11)9-5-3-2-4-6-9/h2-8H,1H3/t11-/m0/s1. The third-order valence-electron chi connectivity index (χ3n) is 2.20. The van der Waals surface area contributed by atoms with Gasteiger partial charge in [0, 0.05) is 6.08 Å². The molecule has 0 N–H and O–H groups in total. The van der Waals surface area contributed by atoms with Gasteiger partial charge in [-0.2, -0.15) is 0 Å². The van der Waals surface area contributed by atoms with E-state index in [1.807, 2.05) is 37.3 Å². The van der Waals surface area contributed by atoms with Crippen molar-refractivity contribution in [1.29, 1.82) is 0 Å². The molecule has 0 aliphatic carbocycles. The van der Waals surface area contributed by atoms with E-state index < -0.39 is 5.60 Å². The molecule has 66 valence electrons. The molecule has 0 radical (unpaired) electrons. The maximum absolute atomic E-state index is 10.9. The van der Waals surface area contributed by atoms with Gasteiger partial charge in [0.05, 0.1) is 0 Å². The Morgan fingerprint density at radius 1 is 1.23 bits per heavy atom. The Morgan fingerprint density at radius 2 is 1.92 bits per heavy atom. The first-order valence-corrected chi connectivity index (χ1v) is 4.18. The predicted molar refractivity (Wildman–Crippen MR) is 49.0 cm³/mol. The smallest absolute Gasteiger partial charge is 0.331 e. The fraction of sp³-hybridized carbons (Fsp3) is 0.182. The quantitative estimate of drug-likeness (QED) is 0.609. The van der Waals surface area contributed by atoms with E-state index in [1.54, 1.807) is 6.08 Å². The lowest BCUT2D eigenvalue weighted by molar-refractivity contribution is -0.145. The van der Waals surface area contributed by atoms with Crippen molar-refractivity contribution in [3.8, 4) is 0 Å². The average Bonchev–Trinajstić information content (AvgIpc) is 2.49. The van der Waals surface area contributed by atoms with Crippen LogP contribution in [0, 0.1) is 0 Å². The van der Waals surface area contributed by atoms with Gasteiger partial charge in [0.2, 0.25) is 0 Å². The summed E-state index contributed by atoms with van der Waals surface area (Å²) in [6.07, 6.45) is 3.25. The third-order valence-corrected chi connectivity index (χ3v) is 2.20. The highest BCUT2D eigenvalue weighted by Gasteiger charge is 2.31. The van der Waals surface area contributed by atoms with Crippen LogP contribution in [0.4, 0.5) is 0 Å². The van der Waals surface area contributed by atoms with Crippen molar-refractivity contribution in [2.45, 2.75) is 12.5 Å². The van der Waals surface area contributed by atoms with Gasteiger partial charge in [-0.1, -0.05) is 30.3 Å². The van der Waals surface area contributed by atoms with Crippen LogP contribution in [0.25, 0.3) is 0 Å². The van der Waals surface area contributed by atoms with E-state index in [9.17, 15) is 4.79 Å². The number of carbonyl (C=O) groups excluding carboxylic acids is 1. The Bertz CT molecular complexity index is 354. The molecular weight excluding hydrogens is 164 g/mol. The molecule has 1 aliphatic heterocycles. The topological polar surface area (TPSA) is 26.3 Å². The number of esters is 1. The minimum absolute atomic E-state index is 0.272. The van der Waals surface area contributed by atoms with E-state index in [0.717, 1.165) is 5.56 Å². The highest BCUT2D eigenvalue weighted by Crippen LogP contribution is 2.30. The van der Waals surface area contributed by atoms with Crippen LogP contribution in [-0.2, 0) is 15.1 Å². The summed E-state index contributed by atoms with van der Waals surface area (Å²) >= 11 is 0. The maximum Gasteiger partial charge on any atom is 0.331 e. The van der Waals surface area contributed by atoms with Crippen molar-refractivity contribution < 1.29 is 9.53 Å². The van der Waals surface area contributed by atoms with Crippen LogP contribution < -0.4 is 0 Å². The molecule has 1 heterocycles. The molecular formula is C11H10O2. The minimum atomic E-state index is -0.571. The van der Waals surface area contributed by atoms with E-state index >= 15 is 0 Å². The summed E-state index contributed by atoms with van der Waals surface area (Å²) in [5.41, 5.74) is 0.426. The summed E-state index contributed by atoms with van der Waals surface area (Å²) in [5.74, 6) is -0.272. The molecule has 0 fully saturated rings. The van der Waals surface area contributed by atoms with Crippen LogP contribution in [0.15, 0.2) is 42.5 Å². The van der Waals surface area contributed by atoms with Gasteiger partial charge in [-0.3, -0.25) is 0 Å². The first-order chi connectivity index (χ1) is 6.21. The zero-order valence-electron chi connectivity index (χ0n) is 7.36.